The van der Waals surface area contributed by atoms with E-state index in [0.717, 1.165) is 24.3 Å². The minimum atomic E-state index is -0.163. The van der Waals surface area contributed by atoms with Gasteiger partial charge in [0.15, 0.2) is 0 Å². The van der Waals surface area contributed by atoms with Crippen molar-refractivity contribution in [3.63, 3.8) is 0 Å². The van der Waals surface area contributed by atoms with Gasteiger partial charge in [-0.3, -0.25) is 5.32 Å². The molecule has 1 aromatic rings. The van der Waals surface area contributed by atoms with Crippen LogP contribution in [-0.4, -0.2) is 13.2 Å². The van der Waals surface area contributed by atoms with Crippen molar-refractivity contribution in [2.45, 2.75) is 19.4 Å². The average molecular weight is 202 g/mol. The minimum absolute atomic E-state index is 0.163. The molecule has 0 amide bonds. The molecule has 3 nitrogen and oxygen atoms in total. The molecule has 1 aliphatic heterocycles. The molecular weight excluding hydrogens is 188 g/mol. The molecule has 1 heterocycles. The van der Waals surface area contributed by atoms with Crippen molar-refractivity contribution in [2.24, 2.45) is 0 Å². The molecule has 0 spiro atoms. The second kappa shape index (κ2) is 4.33. The van der Waals surface area contributed by atoms with Gasteiger partial charge in [0.2, 0.25) is 0 Å². The third-order valence-corrected chi connectivity index (χ3v) is 2.61. The minimum Gasteiger partial charge on any atom is -0.494 e. The number of nitriles is 1. The van der Waals surface area contributed by atoms with Crippen LogP contribution in [0, 0.1) is 11.3 Å². The fourth-order valence-electron chi connectivity index (χ4n) is 1.91. The molecule has 1 unspecified atom stereocenters. The van der Waals surface area contributed by atoms with E-state index < -0.39 is 0 Å². The maximum atomic E-state index is 8.97. The first-order chi connectivity index (χ1) is 7.35. The Morgan fingerprint density at radius 3 is 3.20 bits per heavy atom. The van der Waals surface area contributed by atoms with Gasteiger partial charge < -0.3 is 4.74 Å². The van der Waals surface area contributed by atoms with Gasteiger partial charge in [-0.05, 0) is 36.6 Å². The number of nitrogens with zero attached hydrogens (tertiary/aromatic N) is 1. The summed E-state index contributed by atoms with van der Waals surface area (Å²) in [5.74, 6) is 0.898. The van der Waals surface area contributed by atoms with Gasteiger partial charge in [0.25, 0.3) is 0 Å². The average Bonchev–Trinajstić information content (AvgIpc) is 2.28. The van der Waals surface area contributed by atoms with E-state index in [1.54, 1.807) is 0 Å². The monoisotopic (exact) mass is 202 g/mol. The van der Waals surface area contributed by atoms with E-state index >= 15 is 0 Å². The molecule has 1 N–H and O–H groups in total. The van der Waals surface area contributed by atoms with Crippen LogP contribution in [0.2, 0.25) is 0 Å². The second-order valence-corrected chi connectivity index (χ2v) is 3.56. The summed E-state index contributed by atoms with van der Waals surface area (Å²) in [5, 5.41) is 12.1. The molecular formula is C12H14N2O. The van der Waals surface area contributed by atoms with Crippen LogP contribution in [0.4, 0.5) is 0 Å². The zero-order valence-corrected chi connectivity index (χ0v) is 8.79. The van der Waals surface area contributed by atoms with Crippen molar-refractivity contribution in [3.05, 3.63) is 29.3 Å². The normalized spacial score (nSPS) is 19.1. The highest BCUT2D eigenvalue weighted by Crippen LogP contribution is 2.26. The van der Waals surface area contributed by atoms with Crippen LogP contribution in [0.25, 0.3) is 0 Å². The van der Waals surface area contributed by atoms with Crippen LogP contribution >= 0.6 is 0 Å². The second-order valence-electron chi connectivity index (χ2n) is 3.56. The van der Waals surface area contributed by atoms with Crippen LogP contribution in [0.3, 0.4) is 0 Å². The van der Waals surface area contributed by atoms with Gasteiger partial charge in [-0.15, -0.1) is 0 Å². The van der Waals surface area contributed by atoms with Crippen LogP contribution in [0.1, 0.15) is 24.1 Å². The highest BCUT2D eigenvalue weighted by molar-refractivity contribution is 5.41. The van der Waals surface area contributed by atoms with E-state index in [2.05, 4.69) is 11.4 Å². The first-order valence-corrected chi connectivity index (χ1v) is 5.23. The molecule has 0 aliphatic carbocycles. The molecule has 0 radical (unpaired) electrons. The Labute approximate surface area is 89.7 Å². The number of benzene rings is 1. The third kappa shape index (κ3) is 1.95. The summed E-state index contributed by atoms with van der Waals surface area (Å²) in [6, 6.07) is 8.06. The summed E-state index contributed by atoms with van der Waals surface area (Å²) in [6.45, 7) is 3.51. The standard InChI is InChI=1S/C12H14N2O/c1-2-15-10-3-4-11-9(7-10)5-6-14-12(11)8-13/h3-4,7,12,14H,2,5-6H2,1H3. The maximum Gasteiger partial charge on any atom is 0.121 e. The van der Waals surface area contributed by atoms with Crippen molar-refractivity contribution in [2.75, 3.05) is 13.2 Å². The van der Waals surface area contributed by atoms with Gasteiger partial charge in [0.05, 0.1) is 12.7 Å². The Hall–Kier alpha value is -1.53. The van der Waals surface area contributed by atoms with Crippen molar-refractivity contribution in [1.82, 2.24) is 5.32 Å². The van der Waals surface area contributed by atoms with Crippen molar-refractivity contribution >= 4 is 0 Å². The van der Waals surface area contributed by atoms with E-state index in [-0.39, 0.29) is 6.04 Å². The van der Waals surface area contributed by atoms with E-state index in [4.69, 9.17) is 10.00 Å². The van der Waals surface area contributed by atoms with E-state index in [9.17, 15) is 0 Å². The fourth-order valence-corrected chi connectivity index (χ4v) is 1.91. The molecule has 0 saturated heterocycles. The Morgan fingerprint density at radius 1 is 1.60 bits per heavy atom. The zero-order chi connectivity index (χ0) is 10.7. The lowest BCUT2D eigenvalue weighted by Crippen LogP contribution is -2.28. The molecule has 15 heavy (non-hydrogen) atoms. The molecule has 1 aliphatic rings. The molecule has 3 heteroatoms. The van der Waals surface area contributed by atoms with E-state index in [1.165, 1.54) is 5.56 Å². The molecule has 0 saturated carbocycles. The molecule has 78 valence electrons. The SMILES string of the molecule is CCOc1ccc2c(c1)CCNC2C#N. The lowest BCUT2D eigenvalue weighted by molar-refractivity contribution is 0.339. The van der Waals surface area contributed by atoms with Crippen LogP contribution in [0.15, 0.2) is 18.2 Å². The number of fused-ring (bicyclic) bond motifs is 1. The van der Waals surface area contributed by atoms with Gasteiger partial charge in [-0.2, -0.15) is 5.26 Å². The molecule has 2 rings (SSSR count). The van der Waals surface area contributed by atoms with E-state index in [0.29, 0.717) is 6.61 Å². The Balaban J connectivity index is 2.32. The van der Waals surface area contributed by atoms with Crippen molar-refractivity contribution in [3.8, 4) is 11.8 Å². The van der Waals surface area contributed by atoms with Crippen LogP contribution in [0.5, 0.6) is 5.75 Å². The first kappa shape index (κ1) is 10.0. The third-order valence-electron chi connectivity index (χ3n) is 2.61. The van der Waals surface area contributed by atoms with E-state index in [1.807, 2.05) is 25.1 Å². The van der Waals surface area contributed by atoms with Gasteiger partial charge in [-0.25, -0.2) is 0 Å². The number of ether oxygens (including phenoxy) is 1. The highest BCUT2D eigenvalue weighted by atomic mass is 16.5. The zero-order valence-electron chi connectivity index (χ0n) is 8.79. The van der Waals surface area contributed by atoms with Crippen molar-refractivity contribution in [1.29, 1.82) is 5.26 Å². The summed E-state index contributed by atoms with van der Waals surface area (Å²) >= 11 is 0. The molecule has 0 bridgehead atoms. The fraction of sp³-hybridized carbons (Fsp3) is 0.417. The van der Waals surface area contributed by atoms with Gasteiger partial charge in [-0.1, -0.05) is 6.07 Å². The predicted molar refractivity (Wildman–Crippen MR) is 57.7 cm³/mol. The quantitative estimate of drug-likeness (QED) is 0.795. The smallest absolute Gasteiger partial charge is 0.121 e. The first-order valence-electron chi connectivity index (χ1n) is 5.23. The topological polar surface area (TPSA) is 45.0 Å². The summed E-state index contributed by atoms with van der Waals surface area (Å²) in [4.78, 5) is 0. The van der Waals surface area contributed by atoms with Crippen LogP contribution in [-0.2, 0) is 6.42 Å². The number of hydrogen-bond donors (Lipinski definition) is 1. The Kier molecular flexibility index (Phi) is 2.89. The Bertz CT molecular complexity index is 395. The summed E-state index contributed by atoms with van der Waals surface area (Å²) in [5.41, 5.74) is 2.32. The largest absolute Gasteiger partial charge is 0.494 e. The van der Waals surface area contributed by atoms with Crippen LogP contribution < -0.4 is 10.1 Å². The summed E-state index contributed by atoms with van der Waals surface area (Å²) < 4.78 is 5.44. The lowest BCUT2D eigenvalue weighted by atomic mass is 9.95. The number of rotatable bonds is 2. The summed E-state index contributed by atoms with van der Waals surface area (Å²) in [6.07, 6.45) is 0.967. The molecule has 1 aromatic carbocycles. The molecule has 0 fully saturated rings. The van der Waals surface area contributed by atoms with Gasteiger partial charge in [0.1, 0.15) is 11.8 Å². The van der Waals surface area contributed by atoms with Gasteiger partial charge >= 0.3 is 0 Å². The molecule has 0 aromatic heterocycles. The predicted octanol–water partition coefficient (Wildman–Crippen LogP) is 1.80. The van der Waals surface area contributed by atoms with Gasteiger partial charge in [0, 0.05) is 6.54 Å². The number of hydrogen-bond acceptors (Lipinski definition) is 3. The number of nitrogens with one attached hydrogen (secondary N) is 1. The Morgan fingerprint density at radius 2 is 2.47 bits per heavy atom. The highest BCUT2D eigenvalue weighted by Gasteiger charge is 2.19. The lowest BCUT2D eigenvalue weighted by Gasteiger charge is -2.22. The van der Waals surface area contributed by atoms with Crippen molar-refractivity contribution < 1.29 is 4.74 Å². The maximum absolute atomic E-state index is 8.97. The molecule has 1 atom stereocenters. The summed E-state index contributed by atoms with van der Waals surface area (Å²) in [7, 11) is 0.